The Bertz CT molecular complexity index is 774. The molecule has 0 bridgehead atoms. The number of nitrogens with zero attached hydrogens (tertiary/aromatic N) is 2. The van der Waals surface area contributed by atoms with E-state index in [1.807, 2.05) is 47.4 Å². The summed E-state index contributed by atoms with van der Waals surface area (Å²) in [4.78, 5) is 16.8. The lowest BCUT2D eigenvalue weighted by molar-refractivity contribution is 0.0628. The number of carbonyl (C=O) groups is 1. The van der Waals surface area contributed by atoms with Crippen molar-refractivity contribution in [1.29, 1.82) is 0 Å². The van der Waals surface area contributed by atoms with Gasteiger partial charge in [-0.15, -0.1) is 0 Å². The van der Waals surface area contributed by atoms with Gasteiger partial charge in [0.2, 0.25) is 6.79 Å². The summed E-state index contributed by atoms with van der Waals surface area (Å²) in [5, 5.41) is 0. The minimum absolute atomic E-state index is 0.115. The quantitative estimate of drug-likeness (QED) is 0.790. The highest BCUT2D eigenvalue weighted by Crippen LogP contribution is 2.37. The van der Waals surface area contributed by atoms with Gasteiger partial charge in [-0.05, 0) is 29.8 Å². The normalized spacial score (nSPS) is 16.9. The van der Waals surface area contributed by atoms with Crippen LogP contribution >= 0.6 is 15.9 Å². The number of fused-ring (bicyclic) bond motifs is 1. The van der Waals surface area contributed by atoms with Gasteiger partial charge in [0.15, 0.2) is 11.5 Å². The van der Waals surface area contributed by atoms with Gasteiger partial charge in [0, 0.05) is 42.8 Å². The molecule has 2 aliphatic rings. The fraction of sp³-hybridized carbons (Fsp3) is 0.316. The first-order chi connectivity index (χ1) is 12.2. The summed E-state index contributed by atoms with van der Waals surface area (Å²) in [6.07, 6.45) is 0. The molecule has 0 radical (unpaired) electrons. The molecular formula is C19H19BrN2O3. The van der Waals surface area contributed by atoms with Gasteiger partial charge < -0.3 is 14.4 Å². The van der Waals surface area contributed by atoms with Crippen LogP contribution in [-0.2, 0) is 6.54 Å². The highest BCUT2D eigenvalue weighted by atomic mass is 79.9. The third kappa shape index (κ3) is 3.50. The van der Waals surface area contributed by atoms with Crippen LogP contribution in [0.4, 0.5) is 0 Å². The molecule has 0 spiro atoms. The minimum Gasteiger partial charge on any atom is -0.454 e. The Morgan fingerprint density at radius 3 is 2.40 bits per heavy atom. The van der Waals surface area contributed by atoms with Crippen LogP contribution in [0.15, 0.2) is 46.9 Å². The molecule has 0 saturated carbocycles. The summed E-state index contributed by atoms with van der Waals surface area (Å²) in [6.45, 7) is 4.32. The van der Waals surface area contributed by atoms with Crippen LogP contribution in [0.3, 0.4) is 0 Å². The van der Waals surface area contributed by atoms with Crippen LogP contribution in [0.1, 0.15) is 15.9 Å². The molecule has 5 nitrogen and oxygen atoms in total. The van der Waals surface area contributed by atoms with Gasteiger partial charge in [-0.3, -0.25) is 9.69 Å². The molecule has 0 aliphatic carbocycles. The van der Waals surface area contributed by atoms with E-state index in [2.05, 4.69) is 20.8 Å². The Hall–Kier alpha value is -2.05. The maximum Gasteiger partial charge on any atom is 0.253 e. The molecule has 0 N–H and O–H groups in total. The number of rotatable bonds is 3. The third-order valence-electron chi connectivity index (χ3n) is 4.62. The van der Waals surface area contributed by atoms with E-state index in [-0.39, 0.29) is 12.7 Å². The number of halogens is 1. The summed E-state index contributed by atoms with van der Waals surface area (Å²) < 4.78 is 11.9. The zero-order chi connectivity index (χ0) is 17.2. The lowest BCUT2D eigenvalue weighted by Gasteiger charge is -2.35. The van der Waals surface area contributed by atoms with Crippen LogP contribution in [0.25, 0.3) is 0 Å². The molecule has 2 aromatic carbocycles. The van der Waals surface area contributed by atoms with Crippen molar-refractivity contribution in [3.63, 3.8) is 0 Å². The first-order valence-electron chi connectivity index (χ1n) is 8.35. The summed E-state index contributed by atoms with van der Waals surface area (Å²) in [7, 11) is 0. The minimum atomic E-state index is 0.115. The molecule has 2 heterocycles. The van der Waals surface area contributed by atoms with E-state index in [4.69, 9.17) is 9.47 Å². The van der Waals surface area contributed by atoms with E-state index in [9.17, 15) is 4.79 Å². The van der Waals surface area contributed by atoms with Crippen LogP contribution in [0.2, 0.25) is 0 Å². The molecule has 4 rings (SSSR count). The van der Waals surface area contributed by atoms with Crippen LogP contribution in [0, 0.1) is 0 Å². The number of piperazine rings is 1. The average molecular weight is 403 g/mol. The van der Waals surface area contributed by atoms with Crippen molar-refractivity contribution in [3.05, 3.63) is 58.1 Å². The van der Waals surface area contributed by atoms with Gasteiger partial charge in [-0.25, -0.2) is 0 Å². The van der Waals surface area contributed by atoms with Gasteiger partial charge in [0.1, 0.15) is 0 Å². The summed E-state index contributed by atoms with van der Waals surface area (Å²) >= 11 is 3.62. The van der Waals surface area contributed by atoms with E-state index >= 15 is 0 Å². The first kappa shape index (κ1) is 16.4. The van der Waals surface area contributed by atoms with Crippen LogP contribution in [-0.4, -0.2) is 48.7 Å². The van der Waals surface area contributed by atoms with Gasteiger partial charge in [-0.2, -0.15) is 0 Å². The maximum atomic E-state index is 12.5. The van der Waals surface area contributed by atoms with Crippen molar-refractivity contribution >= 4 is 21.8 Å². The van der Waals surface area contributed by atoms with Gasteiger partial charge in [0.25, 0.3) is 5.91 Å². The molecule has 1 fully saturated rings. The molecular weight excluding hydrogens is 384 g/mol. The predicted molar refractivity (Wildman–Crippen MR) is 97.9 cm³/mol. The summed E-state index contributed by atoms with van der Waals surface area (Å²) in [5.74, 6) is 1.70. The predicted octanol–water partition coefficient (Wildman–Crippen LogP) is 3.14. The molecule has 2 aliphatic heterocycles. The van der Waals surface area contributed by atoms with Crippen molar-refractivity contribution in [3.8, 4) is 11.5 Å². The number of hydrogen-bond acceptors (Lipinski definition) is 4. The topological polar surface area (TPSA) is 42.0 Å². The average Bonchev–Trinajstić information content (AvgIpc) is 3.10. The Morgan fingerprint density at radius 2 is 1.68 bits per heavy atom. The lowest BCUT2D eigenvalue weighted by Crippen LogP contribution is -2.48. The van der Waals surface area contributed by atoms with Crippen molar-refractivity contribution in [2.24, 2.45) is 0 Å². The Labute approximate surface area is 155 Å². The molecule has 130 valence electrons. The third-order valence-corrected chi connectivity index (χ3v) is 5.35. The monoisotopic (exact) mass is 402 g/mol. The van der Waals surface area contributed by atoms with E-state index < -0.39 is 0 Å². The van der Waals surface area contributed by atoms with Crippen molar-refractivity contribution in [1.82, 2.24) is 9.80 Å². The number of carbonyl (C=O) groups excluding carboxylic acids is 1. The highest BCUT2D eigenvalue weighted by molar-refractivity contribution is 9.10. The highest BCUT2D eigenvalue weighted by Gasteiger charge is 2.23. The molecule has 1 saturated heterocycles. The standard InChI is InChI=1S/C19H19BrN2O3/c20-16-11-18-17(24-13-25-18)10-15(16)12-21-6-8-22(9-7-21)19(23)14-4-2-1-3-5-14/h1-5,10-11H,6-9,12-13H2. The van der Waals surface area contributed by atoms with E-state index in [1.54, 1.807) is 0 Å². The number of ether oxygens (including phenoxy) is 2. The van der Waals surface area contributed by atoms with Crippen molar-refractivity contribution in [2.45, 2.75) is 6.54 Å². The zero-order valence-electron chi connectivity index (χ0n) is 13.8. The number of benzene rings is 2. The van der Waals surface area contributed by atoms with Crippen LogP contribution in [0.5, 0.6) is 11.5 Å². The lowest BCUT2D eigenvalue weighted by atomic mass is 10.1. The summed E-state index contributed by atoms with van der Waals surface area (Å²) in [6, 6.07) is 13.5. The number of amides is 1. The Balaban J connectivity index is 1.37. The van der Waals surface area contributed by atoms with E-state index in [0.29, 0.717) is 0 Å². The fourth-order valence-corrected chi connectivity index (χ4v) is 3.64. The molecule has 6 heteroatoms. The first-order valence-corrected chi connectivity index (χ1v) is 9.15. The molecule has 0 aromatic heterocycles. The molecule has 2 aromatic rings. The molecule has 1 amide bonds. The molecule has 25 heavy (non-hydrogen) atoms. The van der Waals surface area contributed by atoms with Gasteiger partial charge in [-0.1, -0.05) is 34.1 Å². The Kier molecular flexibility index (Phi) is 4.63. The van der Waals surface area contributed by atoms with Crippen molar-refractivity contribution < 1.29 is 14.3 Å². The molecule has 0 unspecified atom stereocenters. The van der Waals surface area contributed by atoms with E-state index in [1.165, 1.54) is 5.56 Å². The van der Waals surface area contributed by atoms with Gasteiger partial charge in [0.05, 0.1) is 0 Å². The zero-order valence-corrected chi connectivity index (χ0v) is 15.4. The van der Waals surface area contributed by atoms with Crippen LogP contribution < -0.4 is 9.47 Å². The molecule has 0 atom stereocenters. The second kappa shape index (κ2) is 7.06. The Morgan fingerprint density at radius 1 is 1.00 bits per heavy atom. The largest absolute Gasteiger partial charge is 0.454 e. The second-order valence-corrected chi connectivity index (χ2v) is 7.09. The second-order valence-electron chi connectivity index (χ2n) is 6.23. The summed E-state index contributed by atoms with van der Waals surface area (Å²) in [5.41, 5.74) is 1.93. The number of hydrogen-bond donors (Lipinski definition) is 0. The van der Waals surface area contributed by atoms with E-state index in [0.717, 1.165) is 54.3 Å². The smallest absolute Gasteiger partial charge is 0.253 e. The van der Waals surface area contributed by atoms with Crippen molar-refractivity contribution in [2.75, 3.05) is 33.0 Å². The van der Waals surface area contributed by atoms with Gasteiger partial charge >= 0.3 is 0 Å². The SMILES string of the molecule is O=C(c1ccccc1)N1CCN(Cc2cc3c(cc2Br)OCO3)CC1. The fourth-order valence-electron chi connectivity index (χ4n) is 3.19. The maximum absolute atomic E-state index is 12.5.